The Hall–Kier alpha value is -1.15. The molecule has 0 radical (unpaired) electrons. The lowest BCUT2D eigenvalue weighted by Crippen LogP contribution is -2.36. The zero-order chi connectivity index (χ0) is 15.2. The third-order valence-electron chi connectivity index (χ3n) is 2.72. The van der Waals surface area contributed by atoms with Gasteiger partial charge in [-0.15, -0.1) is 5.10 Å². The van der Waals surface area contributed by atoms with E-state index in [1.54, 1.807) is 4.90 Å². The monoisotopic (exact) mass is 322 g/mol. The number of hydrogen-bond donors (Lipinski definition) is 0. The molecule has 0 aromatic carbocycles. The zero-order valence-electron chi connectivity index (χ0n) is 11.6. The van der Waals surface area contributed by atoms with Gasteiger partial charge in [0.2, 0.25) is 0 Å². The predicted molar refractivity (Wildman–Crippen MR) is 75.2 cm³/mol. The normalized spacial score (nSPS) is 11.6. The molecule has 0 spiro atoms. The quantitative estimate of drug-likeness (QED) is 0.717. The van der Waals surface area contributed by atoms with E-state index in [0.717, 1.165) is 36.7 Å². The molecule has 0 aliphatic carbocycles. The van der Waals surface area contributed by atoms with Crippen LogP contribution in [0.4, 0.5) is 4.79 Å². The molecule has 1 aromatic heterocycles. The molecule has 0 N–H and O–H groups in total. The van der Waals surface area contributed by atoms with E-state index in [-0.39, 0.29) is 6.03 Å². The zero-order valence-corrected chi connectivity index (χ0v) is 13.2. The SMILES string of the molecule is CCCCN(CCCC)C(=O)n1cnc(S(=O)(=O)Cl)n1. The van der Waals surface area contributed by atoms with E-state index in [4.69, 9.17) is 10.7 Å². The van der Waals surface area contributed by atoms with E-state index < -0.39 is 14.2 Å². The molecule has 7 nitrogen and oxygen atoms in total. The van der Waals surface area contributed by atoms with Gasteiger partial charge in [0.1, 0.15) is 6.33 Å². The minimum atomic E-state index is -4.02. The van der Waals surface area contributed by atoms with Crippen molar-refractivity contribution in [2.45, 2.75) is 44.7 Å². The highest BCUT2D eigenvalue weighted by molar-refractivity contribution is 8.13. The molecule has 0 fully saturated rings. The van der Waals surface area contributed by atoms with Crippen LogP contribution < -0.4 is 0 Å². The van der Waals surface area contributed by atoms with Crippen molar-refractivity contribution < 1.29 is 13.2 Å². The number of halogens is 1. The first-order valence-electron chi connectivity index (χ1n) is 6.55. The van der Waals surface area contributed by atoms with Gasteiger partial charge in [0.15, 0.2) is 0 Å². The largest absolute Gasteiger partial charge is 0.346 e. The molecule has 9 heteroatoms. The molecule has 20 heavy (non-hydrogen) atoms. The number of rotatable bonds is 7. The van der Waals surface area contributed by atoms with Gasteiger partial charge < -0.3 is 4.90 Å². The van der Waals surface area contributed by atoms with Gasteiger partial charge in [-0.05, 0) is 12.8 Å². The maximum atomic E-state index is 12.2. The van der Waals surface area contributed by atoms with Gasteiger partial charge in [-0.3, -0.25) is 0 Å². The standard InChI is InChI=1S/C11H19ClN4O3S/c1-3-5-7-15(8-6-4-2)11(17)16-9-13-10(14-16)20(12,18)19/h9H,3-8H2,1-2H3. The molecular weight excluding hydrogens is 304 g/mol. The van der Waals surface area contributed by atoms with Gasteiger partial charge in [-0.2, -0.15) is 4.68 Å². The summed E-state index contributed by atoms with van der Waals surface area (Å²) < 4.78 is 23.1. The average molecular weight is 323 g/mol. The van der Waals surface area contributed by atoms with Crippen LogP contribution in [0.2, 0.25) is 0 Å². The predicted octanol–water partition coefficient (Wildman–Crippen LogP) is 2.08. The Morgan fingerprint density at radius 3 is 2.25 bits per heavy atom. The summed E-state index contributed by atoms with van der Waals surface area (Å²) in [5.74, 6) is 0. The lowest BCUT2D eigenvalue weighted by molar-refractivity contribution is 0.194. The van der Waals surface area contributed by atoms with Crippen LogP contribution in [-0.4, -0.2) is 47.2 Å². The van der Waals surface area contributed by atoms with Crippen LogP contribution in [0.1, 0.15) is 39.5 Å². The summed E-state index contributed by atoms with van der Waals surface area (Å²) in [7, 11) is 1.12. The fraction of sp³-hybridized carbons (Fsp3) is 0.727. The first-order chi connectivity index (χ1) is 9.40. The second kappa shape index (κ2) is 7.58. The first kappa shape index (κ1) is 16.9. The average Bonchev–Trinajstić information content (AvgIpc) is 2.87. The van der Waals surface area contributed by atoms with Gasteiger partial charge in [-0.1, -0.05) is 26.7 Å². The molecular formula is C11H19ClN4O3S. The number of carbonyl (C=O) groups excluding carboxylic acids is 1. The topological polar surface area (TPSA) is 85.2 Å². The molecule has 0 saturated heterocycles. The number of aromatic nitrogens is 3. The fourth-order valence-electron chi connectivity index (χ4n) is 1.60. The van der Waals surface area contributed by atoms with E-state index in [9.17, 15) is 13.2 Å². The highest BCUT2D eigenvalue weighted by atomic mass is 35.7. The molecule has 0 saturated carbocycles. The number of unbranched alkanes of at least 4 members (excludes halogenated alkanes) is 2. The van der Waals surface area contributed by atoms with Crippen molar-refractivity contribution in [3.8, 4) is 0 Å². The summed E-state index contributed by atoms with van der Waals surface area (Å²) in [6.07, 6.45) is 4.77. The van der Waals surface area contributed by atoms with Crippen molar-refractivity contribution in [3.05, 3.63) is 6.33 Å². The lowest BCUT2D eigenvalue weighted by Gasteiger charge is -2.21. The lowest BCUT2D eigenvalue weighted by atomic mass is 10.3. The highest BCUT2D eigenvalue weighted by Crippen LogP contribution is 2.09. The molecule has 1 amide bonds. The summed E-state index contributed by atoms with van der Waals surface area (Å²) in [5, 5.41) is 3.06. The Morgan fingerprint density at radius 1 is 1.30 bits per heavy atom. The summed E-state index contributed by atoms with van der Waals surface area (Å²) in [6.45, 7) is 5.29. The smallest absolute Gasteiger partial charge is 0.323 e. The molecule has 0 aliphatic heterocycles. The Balaban J connectivity index is 2.85. The van der Waals surface area contributed by atoms with Gasteiger partial charge in [0.05, 0.1) is 0 Å². The Bertz CT molecular complexity index is 536. The van der Waals surface area contributed by atoms with E-state index in [1.165, 1.54) is 0 Å². The van der Waals surface area contributed by atoms with Gasteiger partial charge in [-0.25, -0.2) is 18.2 Å². The van der Waals surface area contributed by atoms with Crippen molar-refractivity contribution in [1.82, 2.24) is 19.7 Å². The highest BCUT2D eigenvalue weighted by Gasteiger charge is 2.21. The van der Waals surface area contributed by atoms with E-state index >= 15 is 0 Å². The van der Waals surface area contributed by atoms with Gasteiger partial charge >= 0.3 is 6.03 Å². The number of amides is 1. The summed E-state index contributed by atoms with van der Waals surface area (Å²) in [6, 6.07) is -0.383. The van der Waals surface area contributed by atoms with E-state index in [0.29, 0.717) is 13.1 Å². The first-order valence-corrected chi connectivity index (χ1v) is 8.86. The van der Waals surface area contributed by atoms with Crippen molar-refractivity contribution in [3.63, 3.8) is 0 Å². The summed E-state index contributed by atoms with van der Waals surface area (Å²) in [4.78, 5) is 17.4. The third-order valence-corrected chi connectivity index (χ3v) is 3.76. The fourth-order valence-corrected chi connectivity index (χ4v) is 2.17. The maximum Gasteiger partial charge on any atom is 0.346 e. The second-order valence-electron chi connectivity index (χ2n) is 4.39. The van der Waals surface area contributed by atoms with Crippen LogP contribution >= 0.6 is 10.7 Å². The number of hydrogen-bond acceptors (Lipinski definition) is 5. The van der Waals surface area contributed by atoms with Crippen molar-refractivity contribution in [2.24, 2.45) is 0 Å². The van der Waals surface area contributed by atoms with Crippen molar-refractivity contribution >= 4 is 25.8 Å². The molecule has 0 aliphatic rings. The molecule has 1 heterocycles. The minimum Gasteiger partial charge on any atom is -0.323 e. The molecule has 1 aromatic rings. The molecule has 1 rings (SSSR count). The second-order valence-corrected chi connectivity index (χ2v) is 6.85. The Labute approximate surface area is 123 Å². The molecule has 0 bridgehead atoms. The van der Waals surface area contributed by atoms with Crippen LogP contribution in [0.15, 0.2) is 11.5 Å². The summed E-state index contributed by atoms with van der Waals surface area (Å²) in [5.41, 5.74) is 0. The van der Waals surface area contributed by atoms with Crippen molar-refractivity contribution in [1.29, 1.82) is 0 Å². The van der Waals surface area contributed by atoms with E-state index in [2.05, 4.69) is 10.1 Å². The maximum absolute atomic E-state index is 12.2. The Morgan fingerprint density at radius 2 is 1.85 bits per heavy atom. The van der Waals surface area contributed by atoms with Gasteiger partial charge in [0.25, 0.3) is 14.2 Å². The van der Waals surface area contributed by atoms with Crippen LogP contribution in [0.5, 0.6) is 0 Å². The van der Waals surface area contributed by atoms with Crippen molar-refractivity contribution in [2.75, 3.05) is 13.1 Å². The number of carbonyl (C=O) groups is 1. The third kappa shape index (κ3) is 4.75. The van der Waals surface area contributed by atoms with Crippen LogP contribution in [0.3, 0.4) is 0 Å². The van der Waals surface area contributed by atoms with Crippen LogP contribution in [0.25, 0.3) is 0 Å². The van der Waals surface area contributed by atoms with Crippen LogP contribution in [0, 0.1) is 0 Å². The van der Waals surface area contributed by atoms with Gasteiger partial charge in [0, 0.05) is 23.8 Å². The Kier molecular flexibility index (Phi) is 6.41. The molecule has 0 atom stereocenters. The van der Waals surface area contributed by atoms with Crippen LogP contribution in [-0.2, 0) is 9.05 Å². The number of nitrogens with zero attached hydrogens (tertiary/aromatic N) is 4. The molecule has 114 valence electrons. The van der Waals surface area contributed by atoms with E-state index in [1.807, 2.05) is 13.8 Å². The summed E-state index contributed by atoms with van der Waals surface area (Å²) >= 11 is 0. The molecule has 0 unspecified atom stereocenters. The minimum absolute atomic E-state index is 0.383.